The van der Waals surface area contributed by atoms with Crippen LogP contribution in [0.25, 0.3) is 0 Å². The second kappa shape index (κ2) is 12.8. The molecule has 1 heterocycles. The number of Topliss-reactive ketones (excluding diaryl/α,β-unsaturated/α-hetero) is 1. The fraction of sp³-hybridized carbons (Fsp3) is 0.240. The van der Waals surface area contributed by atoms with Crippen molar-refractivity contribution in [3.63, 3.8) is 0 Å². The van der Waals surface area contributed by atoms with Gasteiger partial charge in [-0.3, -0.25) is 24.7 Å². The summed E-state index contributed by atoms with van der Waals surface area (Å²) >= 11 is 5.87. The van der Waals surface area contributed by atoms with Gasteiger partial charge in [-0.05, 0) is 23.3 Å². The molecule has 3 aromatic carbocycles. The quantitative estimate of drug-likeness (QED) is 0.227. The van der Waals surface area contributed by atoms with Gasteiger partial charge in [-0.2, -0.15) is 0 Å². The summed E-state index contributed by atoms with van der Waals surface area (Å²) in [5.74, 6) is -0.138. The van der Waals surface area contributed by atoms with E-state index in [0.717, 1.165) is 26.2 Å². The van der Waals surface area contributed by atoms with Gasteiger partial charge < -0.3 is 0 Å². The average molecular weight is 523 g/mol. The third-order valence-electron chi connectivity index (χ3n) is 5.83. The van der Waals surface area contributed by atoms with Crippen molar-refractivity contribution in [3.8, 4) is 0 Å². The van der Waals surface area contributed by atoms with Gasteiger partial charge in [0.05, 0.1) is 17.5 Å². The van der Waals surface area contributed by atoms with Crippen molar-refractivity contribution in [1.29, 1.82) is 0 Å². The lowest BCUT2D eigenvalue weighted by Gasteiger charge is -2.39. The number of halogens is 3. The summed E-state index contributed by atoms with van der Waals surface area (Å²) in [5.41, 5.74) is 2.57. The van der Waals surface area contributed by atoms with Gasteiger partial charge in [0.1, 0.15) is 5.02 Å². The highest BCUT2D eigenvalue weighted by molar-refractivity contribution is 6.32. The van der Waals surface area contributed by atoms with Crippen LogP contribution in [0.1, 0.15) is 27.5 Å². The highest BCUT2D eigenvalue weighted by Crippen LogP contribution is 2.30. The summed E-state index contributed by atoms with van der Waals surface area (Å²) in [6, 6.07) is 25.3. The predicted molar refractivity (Wildman–Crippen MR) is 140 cm³/mol. The zero-order chi connectivity index (χ0) is 22.5. The number of nitro groups is 1. The minimum absolute atomic E-state index is 0. The SMILES string of the molecule is Cl.Cl.O=C(CN1CCN(C(c2ccccc2)c2ccccc2)CC1)c1ccc(Cl)c([N+](=O)[O-])c1. The van der Waals surface area contributed by atoms with Crippen LogP contribution in [0.3, 0.4) is 0 Å². The zero-order valence-corrected chi connectivity index (χ0v) is 20.8. The van der Waals surface area contributed by atoms with Crippen LogP contribution in [-0.2, 0) is 0 Å². The third-order valence-corrected chi connectivity index (χ3v) is 6.15. The molecular weight excluding hydrogens is 497 g/mol. The van der Waals surface area contributed by atoms with E-state index in [1.807, 2.05) is 12.1 Å². The Labute approximate surface area is 216 Å². The predicted octanol–water partition coefficient (Wildman–Crippen LogP) is 5.68. The van der Waals surface area contributed by atoms with Gasteiger partial charge in [0.15, 0.2) is 5.78 Å². The van der Waals surface area contributed by atoms with Crippen molar-refractivity contribution in [2.45, 2.75) is 6.04 Å². The Balaban J connectivity index is 0.00000204. The summed E-state index contributed by atoms with van der Waals surface area (Å²) in [7, 11) is 0. The molecule has 0 amide bonds. The van der Waals surface area contributed by atoms with Gasteiger partial charge in [-0.25, -0.2) is 0 Å². The fourth-order valence-electron chi connectivity index (χ4n) is 4.18. The van der Waals surface area contributed by atoms with Crippen LogP contribution < -0.4 is 0 Å². The molecule has 0 bridgehead atoms. The molecule has 34 heavy (non-hydrogen) atoms. The minimum atomic E-state index is -0.564. The summed E-state index contributed by atoms with van der Waals surface area (Å²) in [6.07, 6.45) is 0. The van der Waals surface area contributed by atoms with E-state index < -0.39 is 4.92 Å². The Morgan fingerprint density at radius 2 is 1.41 bits per heavy atom. The summed E-state index contributed by atoms with van der Waals surface area (Å²) < 4.78 is 0. The monoisotopic (exact) mass is 521 g/mol. The van der Waals surface area contributed by atoms with Crippen LogP contribution in [0.4, 0.5) is 5.69 Å². The van der Waals surface area contributed by atoms with Crippen LogP contribution in [0, 0.1) is 10.1 Å². The molecule has 0 aromatic heterocycles. The molecular formula is C25H26Cl3N3O3. The number of carbonyl (C=O) groups is 1. The number of nitro benzene ring substituents is 1. The molecule has 3 aromatic rings. The number of carbonyl (C=O) groups excluding carboxylic acids is 1. The van der Waals surface area contributed by atoms with Crippen LogP contribution >= 0.6 is 36.4 Å². The molecule has 0 N–H and O–H groups in total. The molecule has 0 atom stereocenters. The number of piperazine rings is 1. The van der Waals surface area contributed by atoms with Crippen LogP contribution in [0.5, 0.6) is 0 Å². The first-order chi connectivity index (χ1) is 15.5. The lowest BCUT2D eigenvalue weighted by Crippen LogP contribution is -2.49. The first-order valence-electron chi connectivity index (χ1n) is 10.6. The molecule has 6 nitrogen and oxygen atoms in total. The average Bonchev–Trinajstić information content (AvgIpc) is 2.82. The number of benzene rings is 3. The van der Waals surface area contributed by atoms with Crippen LogP contribution in [0.15, 0.2) is 78.9 Å². The largest absolute Gasteiger partial charge is 0.293 e. The van der Waals surface area contributed by atoms with Gasteiger partial charge in [0.25, 0.3) is 5.69 Å². The summed E-state index contributed by atoms with van der Waals surface area (Å²) in [5, 5.41) is 11.1. The van der Waals surface area contributed by atoms with Crippen molar-refractivity contribution < 1.29 is 9.72 Å². The van der Waals surface area contributed by atoms with Crippen molar-refractivity contribution >= 4 is 47.9 Å². The summed E-state index contributed by atoms with van der Waals surface area (Å²) in [4.78, 5) is 27.8. The van der Waals surface area contributed by atoms with Gasteiger partial charge >= 0.3 is 0 Å². The minimum Gasteiger partial charge on any atom is -0.293 e. The zero-order valence-electron chi connectivity index (χ0n) is 18.4. The van der Waals surface area contributed by atoms with E-state index in [2.05, 4.69) is 58.3 Å². The second-order valence-corrected chi connectivity index (χ2v) is 8.29. The topological polar surface area (TPSA) is 66.7 Å². The molecule has 0 radical (unpaired) electrons. The third kappa shape index (κ3) is 6.56. The van der Waals surface area contributed by atoms with Crippen molar-refractivity contribution in [2.75, 3.05) is 32.7 Å². The Hall–Kier alpha value is -2.48. The maximum absolute atomic E-state index is 12.7. The van der Waals surface area contributed by atoms with Crippen molar-refractivity contribution in [1.82, 2.24) is 9.80 Å². The van der Waals surface area contributed by atoms with Crippen molar-refractivity contribution in [2.24, 2.45) is 0 Å². The molecule has 1 fully saturated rings. The Bertz CT molecular complexity index is 1050. The number of hydrogen-bond donors (Lipinski definition) is 0. The molecule has 1 saturated heterocycles. The van der Waals surface area contributed by atoms with E-state index in [-0.39, 0.29) is 53.9 Å². The van der Waals surface area contributed by atoms with E-state index >= 15 is 0 Å². The number of nitrogens with zero attached hydrogens (tertiary/aromatic N) is 3. The van der Waals surface area contributed by atoms with E-state index in [1.54, 1.807) is 6.07 Å². The number of rotatable bonds is 7. The Kier molecular flexibility index (Phi) is 10.5. The molecule has 1 aliphatic rings. The van der Waals surface area contributed by atoms with E-state index in [4.69, 9.17) is 11.6 Å². The van der Waals surface area contributed by atoms with Gasteiger partial charge in [-0.1, -0.05) is 72.3 Å². The molecule has 0 spiro atoms. The number of hydrogen-bond acceptors (Lipinski definition) is 5. The molecule has 4 rings (SSSR count). The molecule has 180 valence electrons. The van der Waals surface area contributed by atoms with Crippen molar-refractivity contribution in [3.05, 3.63) is 111 Å². The molecule has 9 heteroatoms. The van der Waals surface area contributed by atoms with Crippen LogP contribution in [-0.4, -0.2) is 53.2 Å². The summed E-state index contributed by atoms with van der Waals surface area (Å²) in [6.45, 7) is 3.37. The lowest BCUT2D eigenvalue weighted by molar-refractivity contribution is -0.384. The lowest BCUT2D eigenvalue weighted by atomic mass is 9.96. The van der Waals surface area contributed by atoms with Gasteiger partial charge in [0.2, 0.25) is 0 Å². The Morgan fingerprint density at radius 3 is 1.91 bits per heavy atom. The highest BCUT2D eigenvalue weighted by Gasteiger charge is 2.27. The fourth-order valence-corrected chi connectivity index (χ4v) is 4.37. The standard InChI is InChI=1S/C25H24ClN3O3.2ClH/c26-22-12-11-21(17-23(22)29(31)32)24(30)18-27-13-15-28(16-14-27)25(19-7-3-1-4-8-19)20-9-5-2-6-10-20;;/h1-12,17,25H,13-16,18H2;2*1H. The normalized spacial score (nSPS) is 14.2. The maximum atomic E-state index is 12.7. The first kappa shape index (κ1) is 27.8. The van der Waals surface area contributed by atoms with E-state index in [1.165, 1.54) is 23.3 Å². The Morgan fingerprint density at radius 1 is 0.882 bits per heavy atom. The molecule has 0 saturated carbocycles. The van der Waals surface area contributed by atoms with Crippen LogP contribution in [0.2, 0.25) is 5.02 Å². The molecule has 0 unspecified atom stereocenters. The smallest absolute Gasteiger partial charge is 0.288 e. The van der Waals surface area contributed by atoms with Gasteiger partial charge in [-0.15, -0.1) is 24.8 Å². The molecule has 1 aliphatic heterocycles. The molecule has 0 aliphatic carbocycles. The second-order valence-electron chi connectivity index (χ2n) is 7.88. The first-order valence-corrected chi connectivity index (χ1v) is 10.9. The van der Waals surface area contributed by atoms with E-state index in [9.17, 15) is 14.9 Å². The highest BCUT2D eigenvalue weighted by atomic mass is 35.5. The number of ketones is 1. The maximum Gasteiger partial charge on any atom is 0.288 e. The van der Waals surface area contributed by atoms with Gasteiger partial charge in [0, 0.05) is 37.8 Å². The van der Waals surface area contributed by atoms with E-state index in [0.29, 0.717) is 5.56 Å².